The number of hydrogen-bond donors (Lipinski definition) is 0. The summed E-state index contributed by atoms with van der Waals surface area (Å²) in [6.45, 7) is -0.497. The first-order valence-electron chi connectivity index (χ1n) is 3.32. The predicted molar refractivity (Wildman–Crippen MR) is 35.7 cm³/mol. The van der Waals surface area contributed by atoms with E-state index in [0.717, 1.165) is 0 Å². The van der Waals surface area contributed by atoms with Gasteiger partial charge in [-0.1, -0.05) is 0 Å². The molecule has 2 rings (SSSR count). The van der Waals surface area contributed by atoms with Gasteiger partial charge >= 0.3 is 14.3 Å². The highest BCUT2D eigenvalue weighted by Gasteiger charge is 2.37. The van der Waals surface area contributed by atoms with E-state index >= 15 is 0 Å². The third-order valence-electron chi connectivity index (χ3n) is 1.23. The minimum Gasteiger partial charge on any atom is -0.437 e. The molecule has 0 radical (unpaired) electrons. The van der Waals surface area contributed by atoms with Crippen LogP contribution in [0.4, 0.5) is 0 Å². The number of ether oxygens (including phenoxy) is 2. The summed E-state index contributed by atoms with van der Waals surface area (Å²) in [4.78, 5) is 0. The Labute approximate surface area is 68.6 Å². The fourth-order valence-corrected chi connectivity index (χ4v) is 1.88. The van der Waals surface area contributed by atoms with Crippen LogP contribution in [0.15, 0.2) is 12.5 Å². The van der Waals surface area contributed by atoms with Crippen LogP contribution in [0.3, 0.4) is 0 Å². The Kier molecular flexibility index (Phi) is 2.06. The average molecular weight is 194 g/mol. The first-order valence-corrected chi connectivity index (χ1v) is 4.78. The Hall–Kier alpha value is -0.550. The molecular formula is C5H7O6P. The molecule has 0 N–H and O–H groups in total. The highest BCUT2D eigenvalue weighted by molar-refractivity contribution is 7.48. The second kappa shape index (κ2) is 3.06. The van der Waals surface area contributed by atoms with Crippen LogP contribution in [0.5, 0.6) is 0 Å². The molecule has 0 saturated carbocycles. The van der Waals surface area contributed by atoms with E-state index in [0.29, 0.717) is 0 Å². The Balaban J connectivity index is 1.89. The van der Waals surface area contributed by atoms with E-state index in [1.54, 1.807) is 0 Å². The van der Waals surface area contributed by atoms with Crippen LogP contribution in [-0.2, 0) is 27.6 Å². The second-order valence-corrected chi connectivity index (χ2v) is 3.67. The zero-order chi connectivity index (χ0) is 8.44. The monoisotopic (exact) mass is 194 g/mol. The number of hydrogen-bond acceptors (Lipinski definition) is 6. The summed E-state index contributed by atoms with van der Waals surface area (Å²) in [6, 6.07) is 0. The molecule has 1 saturated heterocycles. The van der Waals surface area contributed by atoms with Gasteiger partial charge in [0.2, 0.25) is 0 Å². The van der Waals surface area contributed by atoms with E-state index in [1.165, 1.54) is 12.5 Å². The smallest absolute Gasteiger partial charge is 0.437 e. The molecule has 0 aromatic carbocycles. The quantitative estimate of drug-likeness (QED) is 0.610. The SMILES string of the molecule is O=P1(OC2OC=CO2)OCCO1. The van der Waals surface area contributed by atoms with Crippen LogP contribution in [0.25, 0.3) is 0 Å². The van der Waals surface area contributed by atoms with Gasteiger partial charge in [0.05, 0.1) is 13.2 Å². The molecule has 0 aromatic heterocycles. The van der Waals surface area contributed by atoms with E-state index in [1.807, 2.05) is 0 Å². The molecule has 0 spiro atoms. The maximum Gasteiger partial charge on any atom is 0.480 e. The molecule has 12 heavy (non-hydrogen) atoms. The lowest BCUT2D eigenvalue weighted by atomic mass is 10.8. The van der Waals surface area contributed by atoms with Crippen molar-refractivity contribution in [3.05, 3.63) is 12.5 Å². The van der Waals surface area contributed by atoms with Gasteiger partial charge in [-0.25, -0.2) is 9.09 Å². The molecule has 0 atom stereocenters. The minimum atomic E-state index is -3.41. The molecule has 6 nitrogen and oxygen atoms in total. The van der Waals surface area contributed by atoms with Crippen molar-refractivity contribution in [2.75, 3.05) is 13.2 Å². The van der Waals surface area contributed by atoms with E-state index in [2.05, 4.69) is 0 Å². The average Bonchev–Trinajstić information content (AvgIpc) is 2.62. The van der Waals surface area contributed by atoms with E-state index in [-0.39, 0.29) is 13.2 Å². The summed E-state index contributed by atoms with van der Waals surface area (Å²) in [5, 5.41) is 0. The van der Waals surface area contributed by atoms with Gasteiger partial charge in [0.15, 0.2) is 0 Å². The van der Waals surface area contributed by atoms with Crippen molar-refractivity contribution in [2.24, 2.45) is 0 Å². The van der Waals surface area contributed by atoms with Gasteiger partial charge in [-0.15, -0.1) is 0 Å². The Morgan fingerprint density at radius 3 is 2.42 bits per heavy atom. The van der Waals surface area contributed by atoms with E-state index in [9.17, 15) is 4.57 Å². The molecule has 68 valence electrons. The first-order chi connectivity index (χ1) is 5.79. The summed E-state index contributed by atoms with van der Waals surface area (Å²) >= 11 is 0. The van der Waals surface area contributed by atoms with Gasteiger partial charge in [0.1, 0.15) is 12.5 Å². The van der Waals surface area contributed by atoms with Crippen LogP contribution in [0.1, 0.15) is 0 Å². The zero-order valence-corrected chi connectivity index (χ0v) is 6.94. The largest absolute Gasteiger partial charge is 0.480 e. The van der Waals surface area contributed by atoms with Crippen molar-refractivity contribution >= 4 is 7.82 Å². The van der Waals surface area contributed by atoms with Gasteiger partial charge < -0.3 is 9.47 Å². The highest BCUT2D eigenvalue weighted by Crippen LogP contribution is 2.54. The summed E-state index contributed by atoms with van der Waals surface area (Å²) in [5.41, 5.74) is 0. The molecule has 2 heterocycles. The predicted octanol–water partition coefficient (Wildman–Crippen LogP) is 0.959. The van der Waals surface area contributed by atoms with E-state index < -0.39 is 14.3 Å². The molecule has 0 unspecified atom stereocenters. The normalized spacial score (nSPS) is 27.0. The molecule has 0 aromatic rings. The summed E-state index contributed by atoms with van der Waals surface area (Å²) in [6.07, 6.45) is 2.57. The van der Waals surface area contributed by atoms with E-state index in [4.69, 9.17) is 23.0 Å². The Bertz CT molecular complexity index is 220. The Morgan fingerprint density at radius 2 is 1.83 bits per heavy atom. The molecule has 1 fully saturated rings. The summed E-state index contributed by atoms with van der Waals surface area (Å²) in [5.74, 6) is 0. The standard InChI is InChI=1S/C5H7O6P/c6-12(9-3-4-10-12)11-5-7-1-2-8-5/h1-2,5H,3-4H2. The zero-order valence-electron chi connectivity index (χ0n) is 6.04. The fourth-order valence-electron chi connectivity index (χ4n) is 0.776. The Morgan fingerprint density at radius 1 is 1.25 bits per heavy atom. The lowest BCUT2D eigenvalue weighted by Crippen LogP contribution is -2.10. The molecule has 2 aliphatic rings. The van der Waals surface area contributed by atoms with Crippen LogP contribution in [0.2, 0.25) is 0 Å². The number of phosphoric ester groups is 1. The molecule has 2 aliphatic heterocycles. The van der Waals surface area contributed by atoms with Gasteiger partial charge in [-0.2, -0.15) is 0 Å². The van der Waals surface area contributed by atoms with Gasteiger partial charge in [0.25, 0.3) is 0 Å². The van der Waals surface area contributed by atoms with Crippen LogP contribution >= 0.6 is 7.82 Å². The minimum absolute atomic E-state index is 0.261. The van der Waals surface area contributed by atoms with Crippen LogP contribution in [0, 0.1) is 0 Å². The van der Waals surface area contributed by atoms with Crippen molar-refractivity contribution in [3.8, 4) is 0 Å². The van der Waals surface area contributed by atoms with Crippen molar-refractivity contribution < 1.29 is 27.6 Å². The molecule has 0 aliphatic carbocycles. The van der Waals surface area contributed by atoms with Gasteiger partial charge in [-0.05, 0) is 0 Å². The fraction of sp³-hybridized carbons (Fsp3) is 0.600. The third-order valence-corrected chi connectivity index (χ3v) is 2.66. The molecule has 0 amide bonds. The maximum atomic E-state index is 11.3. The van der Waals surface area contributed by atoms with Crippen molar-refractivity contribution in [3.63, 3.8) is 0 Å². The third kappa shape index (κ3) is 1.61. The van der Waals surface area contributed by atoms with Crippen LogP contribution < -0.4 is 0 Å². The molecule has 0 bridgehead atoms. The topological polar surface area (TPSA) is 63.2 Å². The van der Waals surface area contributed by atoms with Crippen LogP contribution in [-0.4, -0.2) is 19.7 Å². The molecular weight excluding hydrogens is 187 g/mol. The summed E-state index contributed by atoms with van der Waals surface area (Å²) in [7, 11) is -3.41. The first kappa shape index (κ1) is 8.07. The van der Waals surface area contributed by atoms with Crippen molar-refractivity contribution in [1.29, 1.82) is 0 Å². The van der Waals surface area contributed by atoms with Crippen molar-refractivity contribution in [1.82, 2.24) is 0 Å². The highest BCUT2D eigenvalue weighted by atomic mass is 31.2. The lowest BCUT2D eigenvalue weighted by Gasteiger charge is -2.13. The second-order valence-electron chi connectivity index (χ2n) is 2.05. The molecule has 7 heteroatoms. The van der Waals surface area contributed by atoms with Gasteiger partial charge in [0, 0.05) is 0 Å². The van der Waals surface area contributed by atoms with Crippen molar-refractivity contribution in [2.45, 2.75) is 6.48 Å². The number of rotatable bonds is 2. The van der Waals surface area contributed by atoms with Gasteiger partial charge in [-0.3, -0.25) is 9.05 Å². The lowest BCUT2D eigenvalue weighted by molar-refractivity contribution is -0.172. The number of phosphoric acid groups is 1. The summed E-state index contributed by atoms with van der Waals surface area (Å²) < 4.78 is 35.0. The maximum absolute atomic E-state index is 11.3.